The first-order chi connectivity index (χ1) is 22.2. The van der Waals surface area contributed by atoms with Crippen LogP contribution in [0.15, 0.2) is 97.3 Å². The van der Waals surface area contributed by atoms with Crippen LogP contribution in [0.1, 0.15) is 50.9 Å². The molecule has 2 N–H and O–H groups in total. The van der Waals surface area contributed by atoms with Crippen LogP contribution in [0.5, 0.6) is 0 Å². The summed E-state index contributed by atoms with van der Waals surface area (Å²) in [5.41, 5.74) is 1.19. The van der Waals surface area contributed by atoms with Gasteiger partial charge in [0.05, 0.1) is 28.0 Å². The van der Waals surface area contributed by atoms with Crippen molar-refractivity contribution in [3.8, 4) is 11.3 Å². The van der Waals surface area contributed by atoms with E-state index in [0.717, 1.165) is 25.0 Å². The number of carbonyl (C=O) groups is 3. The van der Waals surface area contributed by atoms with Crippen molar-refractivity contribution in [1.29, 1.82) is 0 Å². The Labute approximate surface area is 261 Å². The molecule has 2 aromatic carbocycles. The third-order valence-electron chi connectivity index (χ3n) is 7.65. The number of halogens is 3. The first-order valence-electron chi connectivity index (χ1n) is 14.5. The van der Waals surface area contributed by atoms with Gasteiger partial charge in [0.1, 0.15) is 5.82 Å². The minimum Gasteiger partial charge on any atom is -0.341 e. The van der Waals surface area contributed by atoms with E-state index in [0.29, 0.717) is 40.8 Å². The van der Waals surface area contributed by atoms with Gasteiger partial charge in [-0.05, 0) is 79.6 Å². The number of nitrogens with one attached hydrogen (secondary N) is 2. The number of benzene rings is 2. The molecule has 0 saturated carbocycles. The lowest BCUT2D eigenvalue weighted by atomic mass is 10.0. The Morgan fingerprint density at radius 3 is 2.28 bits per heavy atom. The van der Waals surface area contributed by atoms with Gasteiger partial charge in [-0.1, -0.05) is 18.2 Å². The molecule has 4 heterocycles. The van der Waals surface area contributed by atoms with Crippen LogP contribution in [0.25, 0.3) is 22.2 Å². The largest absolute Gasteiger partial charge is 0.416 e. The van der Waals surface area contributed by atoms with Crippen LogP contribution in [-0.2, 0) is 11.0 Å². The molecule has 0 bridgehead atoms. The molecule has 1 aliphatic heterocycles. The van der Waals surface area contributed by atoms with Crippen molar-refractivity contribution in [2.24, 2.45) is 0 Å². The molecule has 0 aliphatic carbocycles. The fourth-order valence-corrected chi connectivity index (χ4v) is 5.30. The predicted molar refractivity (Wildman–Crippen MR) is 165 cm³/mol. The summed E-state index contributed by atoms with van der Waals surface area (Å²) in [6, 6.07) is 19.9. The molecular formula is C34H27F3N6O3. The molecule has 12 heteroatoms. The summed E-state index contributed by atoms with van der Waals surface area (Å²) in [6.45, 7) is 1.27. The predicted octanol–water partition coefficient (Wildman–Crippen LogP) is 6.06. The normalized spacial score (nSPS) is 13.8. The van der Waals surface area contributed by atoms with Gasteiger partial charge in [0.2, 0.25) is 0 Å². The third kappa shape index (κ3) is 6.55. The van der Waals surface area contributed by atoms with Crippen molar-refractivity contribution in [2.45, 2.75) is 25.1 Å². The summed E-state index contributed by atoms with van der Waals surface area (Å²) >= 11 is 0. The number of carbonyl (C=O) groups excluding carboxylic acids is 3. The smallest absolute Gasteiger partial charge is 0.341 e. The highest BCUT2D eigenvalue weighted by molar-refractivity contribution is 6.08. The minimum absolute atomic E-state index is 0.155. The van der Waals surface area contributed by atoms with Gasteiger partial charge in [0.25, 0.3) is 17.7 Å². The highest BCUT2D eigenvalue weighted by atomic mass is 19.4. The van der Waals surface area contributed by atoms with Crippen LogP contribution < -0.4 is 10.6 Å². The van der Waals surface area contributed by atoms with Gasteiger partial charge in [0, 0.05) is 42.0 Å². The SMILES string of the molecule is O=C(N[C@H](C(=O)N1CCCC1)c1ccccn1)c1ccc2nc(NC(=O)c3cccnc3-c3ccc(C(F)(F)F)cc3)ccc2c1. The molecule has 3 aromatic heterocycles. The first-order valence-corrected chi connectivity index (χ1v) is 14.5. The summed E-state index contributed by atoms with van der Waals surface area (Å²) in [4.78, 5) is 54.6. The topological polar surface area (TPSA) is 117 Å². The van der Waals surface area contributed by atoms with Crippen molar-refractivity contribution < 1.29 is 27.6 Å². The van der Waals surface area contributed by atoms with E-state index in [1.54, 1.807) is 65.7 Å². The summed E-state index contributed by atoms with van der Waals surface area (Å²) in [5.74, 6) is -0.977. The Kier molecular flexibility index (Phi) is 8.43. The van der Waals surface area contributed by atoms with Gasteiger partial charge < -0.3 is 15.5 Å². The number of anilines is 1. The third-order valence-corrected chi connectivity index (χ3v) is 7.65. The summed E-state index contributed by atoms with van der Waals surface area (Å²) in [6.07, 6.45) is 0.374. The summed E-state index contributed by atoms with van der Waals surface area (Å²) in [5, 5.41) is 6.19. The zero-order chi connectivity index (χ0) is 32.3. The average Bonchev–Trinajstić information content (AvgIpc) is 3.62. The number of rotatable bonds is 7. The Morgan fingerprint density at radius 2 is 1.57 bits per heavy atom. The van der Waals surface area contributed by atoms with E-state index in [2.05, 4.69) is 25.6 Å². The second-order valence-electron chi connectivity index (χ2n) is 10.7. The Bertz CT molecular complexity index is 1910. The van der Waals surface area contributed by atoms with Gasteiger partial charge >= 0.3 is 6.18 Å². The lowest BCUT2D eigenvalue weighted by Gasteiger charge is -2.23. The van der Waals surface area contributed by atoms with Crippen LogP contribution in [0.4, 0.5) is 19.0 Å². The number of hydrogen-bond donors (Lipinski definition) is 2. The Morgan fingerprint density at radius 1 is 0.804 bits per heavy atom. The fraction of sp³-hybridized carbons (Fsp3) is 0.176. The zero-order valence-electron chi connectivity index (χ0n) is 24.3. The van der Waals surface area contributed by atoms with Crippen LogP contribution in [0, 0.1) is 0 Å². The van der Waals surface area contributed by atoms with Gasteiger partial charge in [-0.3, -0.25) is 24.4 Å². The molecule has 3 amide bonds. The molecule has 0 unspecified atom stereocenters. The van der Waals surface area contributed by atoms with Gasteiger partial charge in [0.15, 0.2) is 6.04 Å². The number of hydrogen-bond acceptors (Lipinski definition) is 6. The number of nitrogens with zero attached hydrogens (tertiary/aromatic N) is 4. The summed E-state index contributed by atoms with van der Waals surface area (Å²) < 4.78 is 39.1. The average molecular weight is 625 g/mol. The maximum atomic E-state index is 13.3. The van der Waals surface area contributed by atoms with Crippen LogP contribution in [0.2, 0.25) is 0 Å². The number of fused-ring (bicyclic) bond motifs is 1. The fourth-order valence-electron chi connectivity index (χ4n) is 5.30. The number of likely N-dealkylation sites (tertiary alicyclic amines) is 1. The molecule has 0 spiro atoms. The second-order valence-corrected chi connectivity index (χ2v) is 10.7. The minimum atomic E-state index is -4.48. The monoisotopic (exact) mass is 624 g/mol. The second kappa shape index (κ2) is 12.8. The molecular weight excluding hydrogens is 597 g/mol. The standard InChI is InChI=1S/C34H27F3N6O3/c35-34(36,37)24-12-8-21(9-13-24)29-25(6-5-17-39-29)32(45)41-28-15-11-22-20-23(10-14-26(22)40-28)31(44)42-30(27-7-1-2-16-38-27)33(46)43-18-3-4-19-43/h1-2,5-17,20,30H,3-4,18-19H2,(H,42,44)(H,40,41,45)/t30-/m0/s1. The lowest BCUT2D eigenvalue weighted by Crippen LogP contribution is -2.42. The van der Waals surface area contributed by atoms with E-state index in [4.69, 9.17) is 0 Å². The molecule has 5 aromatic rings. The quantitative estimate of drug-likeness (QED) is 0.228. The molecule has 1 saturated heterocycles. The Hall–Kier alpha value is -5.65. The van der Waals surface area contributed by atoms with E-state index in [9.17, 15) is 27.6 Å². The molecule has 1 atom stereocenters. The Balaban J connectivity index is 1.19. The van der Waals surface area contributed by atoms with Gasteiger partial charge in [-0.15, -0.1) is 0 Å². The van der Waals surface area contributed by atoms with E-state index in [1.807, 2.05) is 0 Å². The van der Waals surface area contributed by atoms with E-state index >= 15 is 0 Å². The van der Waals surface area contributed by atoms with Crippen LogP contribution in [0.3, 0.4) is 0 Å². The van der Waals surface area contributed by atoms with E-state index in [-0.39, 0.29) is 23.0 Å². The lowest BCUT2D eigenvalue weighted by molar-refractivity contribution is -0.137. The highest BCUT2D eigenvalue weighted by Crippen LogP contribution is 2.31. The van der Waals surface area contributed by atoms with Crippen molar-refractivity contribution in [2.75, 3.05) is 18.4 Å². The van der Waals surface area contributed by atoms with Crippen molar-refractivity contribution in [1.82, 2.24) is 25.2 Å². The number of aromatic nitrogens is 3. The van der Waals surface area contributed by atoms with E-state index in [1.165, 1.54) is 24.4 Å². The van der Waals surface area contributed by atoms with Gasteiger partial charge in [-0.2, -0.15) is 13.2 Å². The maximum absolute atomic E-state index is 13.3. The molecule has 232 valence electrons. The number of pyridine rings is 3. The van der Waals surface area contributed by atoms with E-state index < -0.39 is 29.6 Å². The summed E-state index contributed by atoms with van der Waals surface area (Å²) in [7, 11) is 0. The van der Waals surface area contributed by atoms with Crippen LogP contribution >= 0.6 is 0 Å². The molecule has 1 aliphatic rings. The van der Waals surface area contributed by atoms with Crippen LogP contribution in [-0.4, -0.2) is 50.7 Å². The number of amides is 3. The molecule has 0 radical (unpaired) electrons. The number of alkyl halides is 3. The first kappa shape index (κ1) is 30.4. The van der Waals surface area contributed by atoms with Gasteiger partial charge in [-0.25, -0.2) is 4.98 Å². The van der Waals surface area contributed by atoms with Crippen molar-refractivity contribution in [3.63, 3.8) is 0 Å². The molecule has 46 heavy (non-hydrogen) atoms. The molecule has 9 nitrogen and oxygen atoms in total. The molecule has 1 fully saturated rings. The zero-order valence-corrected chi connectivity index (χ0v) is 24.3. The van der Waals surface area contributed by atoms with Crippen molar-refractivity contribution in [3.05, 3.63) is 120 Å². The maximum Gasteiger partial charge on any atom is 0.416 e. The molecule has 6 rings (SSSR count). The highest BCUT2D eigenvalue weighted by Gasteiger charge is 2.31. The van der Waals surface area contributed by atoms with Crippen molar-refractivity contribution >= 4 is 34.4 Å².